The molecule has 0 atom stereocenters. The first-order valence-electron chi connectivity index (χ1n) is 11.0. The van der Waals surface area contributed by atoms with Crippen LogP contribution in [0, 0.1) is 0 Å². The van der Waals surface area contributed by atoms with Crippen molar-refractivity contribution >= 4 is 17.5 Å². The molecule has 0 aromatic heterocycles. The third kappa shape index (κ3) is 5.91. The summed E-state index contributed by atoms with van der Waals surface area (Å²) in [4.78, 5) is 30.9. The smallest absolute Gasteiger partial charge is 0.337 e. The summed E-state index contributed by atoms with van der Waals surface area (Å²) in [7, 11) is 0. The van der Waals surface area contributed by atoms with E-state index in [-0.39, 0.29) is 18.1 Å². The number of halogens is 3. The number of hydrogen-bond acceptors (Lipinski definition) is 4. The molecule has 2 aliphatic heterocycles. The van der Waals surface area contributed by atoms with Crippen molar-refractivity contribution in [3.63, 3.8) is 0 Å². The quantitative estimate of drug-likeness (QED) is 0.746. The molecular formula is C24H27F3N4O2. The maximum absolute atomic E-state index is 13.1. The van der Waals surface area contributed by atoms with Crippen LogP contribution in [0.15, 0.2) is 48.5 Å². The zero-order valence-electron chi connectivity index (χ0n) is 18.3. The van der Waals surface area contributed by atoms with Crippen LogP contribution in [0.4, 0.5) is 18.9 Å². The lowest BCUT2D eigenvalue weighted by molar-refractivity contribution is -0.137. The molecule has 0 radical (unpaired) electrons. The van der Waals surface area contributed by atoms with Crippen LogP contribution in [0.1, 0.15) is 16.7 Å². The van der Waals surface area contributed by atoms with Gasteiger partial charge < -0.3 is 10.2 Å². The van der Waals surface area contributed by atoms with Crippen LogP contribution < -0.4 is 5.32 Å². The predicted octanol–water partition coefficient (Wildman–Crippen LogP) is 2.85. The number of amides is 2. The van der Waals surface area contributed by atoms with Crippen LogP contribution in [-0.4, -0.2) is 72.3 Å². The van der Waals surface area contributed by atoms with Gasteiger partial charge in [0.1, 0.15) is 0 Å². The fourth-order valence-corrected chi connectivity index (χ4v) is 4.34. The van der Waals surface area contributed by atoms with E-state index in [0.29, 0.717) is 39.3 Å². The van der Waals surface area contributed by atoms with Crippen molar-refractivity contribution in [1.29, 1.82) is 0 Å². The van der Waals surface area contributed by atoms with E-state index in [4.69, 9.17) is 0 Å². The van der Waals surface area contributed by atoms with E-state index in [1.54, 1.807) is 0 Å². The highest BCUT2D eigenvalue weighted by molar-refractivity contribution is 5.93. The molecule has 0 aliphatic carbocycles. The zero-order chi connectivity index (χ0) is 23.4. The first-order valence-corrected chi connectivity index (χ1v) is 11.0. The van der Waals surface area contributed by atoms with Gasteiger partial charge in [0.2, 0.25) is 11.8 Å². The lowest BCUT2D eigenvalue weighted by Crippen LogP contribution is -2.51. The van der Waals surface area contributed by atoms with Crippen LogP contribution in [0.5, 0.6) is 0 Å². The first-order chi connectivity index (χ1) is 15.8. The maximum Gasteiger partial charge on any atom is 0.418 e. The average molecular weight is 461 g/mol. The van der Waals surface area contributed by atoms with E-state index >= 15 is 0 Å². The summed E-state index contributed by atoms with van der Waals surface area (Å²) < 4.78 is 39.3. The molecule has 0 unspecified atom stereocenters. The Morgan fingerprint density at radius 3 is 2.12 bits per heavy atom. The number of para-hydroxylation sites is 1. The molecule has 0 bridgehead atoms. The number of alkyl halides is 3. The minimum Gasteiger partial charge on any atom is -0.337 e. The number of benzene rings is 2. The lowest BCUT2D eigenvalue weighted by atomic mass is 10.00. The van der Waals surface area contributed by atoms with Crippen molar-refractivity contribution in [2.45, 2.75) is 19.1 Å². The fourth-order valence-electron chi connectivity index (χ4n) is 4.34. The average Bonchev–Trinajstić information content (AvgIpc) is 2.79. The molecule has 2 aromatic carbocycles. The molecule has 2 amide bonds. The van der Waals surface area contributed by atoms with Gasteiger partial charge in [0.05, 0.1) is 24.3 Å². The van der Waals surface area contributed by atoms with Gasteiger partial charge in [-0.2, -0.15) is 13.2 Å². The molecule has 0 saturated carbocycles. The zero-order valence-corrected chi connectivity index (χ0v) is 18.3. The van der Waals surface area contributed by atoms with Gasteiger partial charge >= 0.3 is 6.18 Å². The summed E-state index contributed by atoms with van der Waals surface area (Å²) in [6, 6.07) is 13.1. The van der Waals surface area contributed by atoms with Crippen molar-refractivity contribution < 1.29 is 22.8 Å². The second-order valence-corrected chi connectivity index (χ2v) is 8.48. The second-order valence-electron chi connectivity index (χ2n) is 8.48. The Labute approximate surface area is 191 Å². The Kier molecular flexibility index (Phi) is 6.99. The number of nitrogens with one attached hydrogen (secondary N) is 1. The molecule has 2 aromatic rings. The van der Waals surface area contributed by atoms with Crippen LogP contribution >= 0.6 is 0 Å². The fraction of sp³-hybridized carbons (Fsp3) is 0.417. The highest BCUT2D eigenvalue weighted by atomic mass is 19.4. The van der Waals surface area contributed by atoms with E-state index in [2.05, 4.69) is 22.3 Å². The summed E-state index contributed by atoms with van der Waals surface area (Å²) in [5, 5.41) is 2.38. The van der Waals surface area contributed by atoms with E-state index in [0.717, 1.165) is 19.0 Å². The maximum atomic E-state index is 13.1. The molecule has 4 rings (SSSR count). The molecule has 0 spiro atoms. The van der Waals surface area contributed by atoms with Crippen molar-refractivity contribution in [3.8, 4) is 0 Å². The molecule has 1 N–H and O–H groups in total. The van der Waals surface area contributed by atoms with Crippen LogP contribution in [0.25, 0.3) is 0 Å². The summed E-state index contributed by atoms with van der Waals surface area (Å²) >= 11 is 0. The molecule has 6 nitrogen and oxygen atoms in total. The standard InChI is InChI=1S/C24H27F3N4O2/c25-24(26,27)20-7-3-4-8-21(20)28-22(32)16-29-11-13-30(14-12-29)17-23(33)31-10-9-18-5-1-2-6-19(18)15-31/h1-8H,9-17H2,(H,28,32). The third-order valence-electron chi connectivity index (χ3n) is 6.18. The lowest BCUT2D eigenvalue weighted by Gasteiger charge is -2.36. The van der Waals surface area contributed by atoms with Gasteiger partial charge in [0.25, 0.3) is 0 Å². The largest absolute Gasteiger partial charge is 0.418 e. The van der Waals surface area contributed by atoms with Gasteiger partial charge in [-0.1, -0.05) is 36.4 Å². The number of carbonyl (C=O) groups excluding carboxylic acids is 2. The highest BCUT2D eigenvalue weighted by Gasteiger charge is 2.33. The van der Waals surface area contributed by atoms with Gasteiger partial charge in [-0.25, -0.2) is 0 Å². The Morgan fingerprint density at radius 1 is 0.818 bits per heavy atom. The normalized spacial score (nSPS) is 17.5. The number of fused-ring (bicyclic) bond motifs is 1. The number of piperazine rings is 1. The number of rotatable bonds is 5. The SMILES string of the molecule is O=C(CN1CCN(CC(=O)N2CCc3ccccc3C2)CC1)Nc1ccccc1C(F)(F)F. The summed E-state index contributed by atoms with van der Waals surface area (Å²) in [6.07, 6.45) is -3.67. The van der Waals surface area contributed by atoms with E-state index < -0.39 is 17.6 Å². The van der Waals surface area contributed by atoms with Crippen LogP contribution in [0.3, 0.4) is 0 Å². The minimum absolute atomic E-state index is 0.0108. The van der Waals surface area contributed by atoms with Gasteiger partial charge in [0, 0.05) is 39.3 Å². The number of carbonyl (C=O) groups is 2. The molecule has 33 heavy (non-hydrogen) atoms. The number of nitrogens with zero attached hydrogens (tertiary/aromatic N) is 3. The van der Waals surface area contributed by atoms with E-state index in [1.807, 2.05) is 21.9 Å². The third-order valence-corrected chi connectivity index (χ3v) is 6.18. The topological polar surface area (TPSA) is 55.9 Å². The Hall–Kier alpha value is -2.91. The molecule has 9 heteroatoms. The Bertz CT molecular complexity index is 1000. The summed E-state index contributed by atoms with van der Waals surface area (Å²) in [5.41, 5.74) is 1.40. The van der Waals surface area contributed by atoms with Gasteiger partial charge in [-0.15, -0.1) is 0 Å². The van der Waals surface area contributed by atoms with Crippen LogP contribution in [-0.2, 0) is 28.7 Å². The molecule has 176 valence electrons. The van der Waals surface area contributed by atoms with Crippen LogP contribution in [0.2, 0.25) is 0 Å². The van der Waals surface area contributed by atoms with Gasteiger partial charge in [0.15, 0.2) is 0 Å². The first kappa shape index (κ1) is 23.3. The monoisotopic (exact) mass is 460 g/mol. The highest BCUT2D eigenvalue weighted by Crippen LogP contribution is 2.34. The minimum atomic E-state index is -4.53. The van der Waals surface area contributed by atoms with E-state index in [9.17, 15) is 22.8 Å². The summed E-state index contributed by atoms with van der Waals surface area (Å²) in [6.45, 7) is 4.10. The number of hydrogen-bond donors (Lipinski definition) is 1. The molecule has 2 aliphatic rings. The predicted molar refractivity (Wildman–Crippen MR) is 119 cm³/mol. The van der Waals surface area contributed by atoms with Gasteiger partial charge in [-0.3, -0.25) is 19.4 Å². The van der Waals surface area contributed by atoms with Crippen molar-refractivity contribution in [2.75, 3.05) is 51.1 Å². The van der Waals surface area contributed by atoms with Crippen molar-refractivity contribution in [2.24, 2.45) is 0 Å². The number of anilines is 1. The molecule has 1 fully saturated rings. The molecule has 1 saturated heterocycles. The van der Waals surface area contributed by atoms with Gasteiger partial charge in [-0.05, 0) is 29.7 Å². The Morgan fingerprint density at radius 2 is 1.42 bits per heavy atom. The Balaban J connectivity index is 1.23. The second kappa shape index (κ2) is 9.93. The summed E-state index contributed by atoms with van der Waals surface area (Å²) in [5.74, 6) is -0.386. The van der Waals surface area contributed by atoms with Crippen molar-refractivity contribution in [3.05, 3.63) is 65.2 Å². The van der Waals surface area contributed by atoms with Crippen molar-refractivity contribution in [1.82, 2.24) is 14.7 Å². The molecular weight excluding hydrogens is 433 g/mol. The van der Waals surface area contributed by atoms with E-state index in [1.165, 1.54) is 29.3 Å². The molecule has 2 heterocycles.